The number of rotatable bonds is 7. The number of carbonyl (C=O) groups is 2. The molecule has 9 heteroatoms. The van der Waals surface area contributed by atoms with E-state index in [1.165, 1.54) is 23.1 Å². The molecule has 0 fully saturated rings. The van der Waals surface area contributed by atoms with Crippen LogP contribution < -0.4 is 11.1 Å². The summed E-state index contributed by atoms with van der Waals surface area (Å²) in [4.78, 5) is 25.9. The zero-order valence-corrected chi connectivity index (χ0v) is 16.6. The summed E-state index contributed by atoms with van der Waals surface area (Å²) in [5, 5.41) is 2.25. The van der Waals surface area contributed by atoms with Crippen molar-refractivity contribution in [3.63, 3.8) is 0 Å². The number of nitrogens with two attached hydrogens (primary N) is 1. The van der Waals surface area contributed by atoms with Crippen molar-refractivity contribution in [3.05, 3.63) is 59.7 Å². The van der Waals surface area contributed by atoms with Crippen LogP contribution in [0.2, 0.25) is 0 Å². The quantitative estimate of drug-likeness (QED) is 0.650. The van der Waals surface area contributed by atoms with Gasteiger partial charge in [-0.25, -0.2) is 0 Å². The first-order valence-electron chi connectivity index (χ1n) is 8.79. The molecule has 29 heavy (non-hydrogen) atoms. The summed E-state index contributed by atoms with van der Waals surface area (Å²) >= 11 is 0. The molecule has 0 aliphatic heterocycles. The number of carbonyl (C=O) groups excluding carboxylic acids is 2. The SMILES string of the molecule is CCN(CC(=O)Nc1ccccc1C(F)(F)F)C(=O)CCc1ccccc1N.Cl. The monoisotopic (exact) mass is 429 g/mol. The molecule has 2 aromatic rings. The van der Waals surface area contributed by atoms with Gasteiger partial charge in [-0.2, -0.15) is 13.2 Å². The van der Waals surface area contributed by atoms with Crippen molar-refractivity contribution in [2.45, 2.75) is 25.9 Å². The van der Waals surface area contributed by atoms with E-state index in [1.807, 2.05) is 12.1 Å². The Bertz CT molecular complexity index is 844. The molecule has 2 aromatic carbocycles. The highest BCUT2D eigenvalue weighted by atomic mass is 35.5. The second-order valence-corrected chi connectivity index (χ2v) is 6.20. The lowest BCUT2D eigenvalue weighted by Crippen LogP contribution is -2.38. The number of nitrogens with zero attached hydrogens (tertiary/aromatic N) is 1. The van der Waals surface area contributed by atoms with Crippen LogP contribution in [0, 0.1) is 0 Å². The van der Waals surface area contributed by atoms with Gasteiger partial charge in [0.25, 0.3) is 0 Å². The highest BCUT2D eigenvalue weighted by Gasteiger charge is 2.33. The number of hydrogen-bond donors (Lipinski definition) is 2. The largest absolute Gasteiger partial charge is 0.418 e. The number of amides is 2. The van der Waals surface area contributed by atoms with E-state index in [4.69, 9.17) is 5.73 Å². The van der Waals surface area contributed by atoms with Gasteiger partial charge in [0.05, 0.1) is 17.8 Å². The van der Waals surface area contributed by atoms with Gasteiger partial charge in [-0.3, -0.25) is 9.59 Å². The molecule has 0 aromatic heterocycles. The molecule has 0 spiro atoms. The van der Waals surface area contributed by atoms with E-state index < -0.39 is 17.6 Å². The summed E-state index contributed by atoms with van der Waals surface area (Å²) < 4.78 is 39.1. The van der Waals surface area contributed by atoms with Crippen molar-refractivity contribution in [2.24, 2.45) is 0 Å². The van der Waals surface area contributed by atoms with Crippen molar-refractivity contribution in [1.82, 2.24) is 4.90 Å². The predicted octanol–water partition coefficient (Wildman–Crippen LogP) is 4.13. The van der Waals surface area contributed by atoms with Crippen LogP contribution >= 0.6 is 12.4 Å². The second-order valence-electron chi connectivity index (χ2n) is 6.20. The zero-order valence-electron chi connectivity index (χ0n) is 15.8. The molecule has 0 heterocycles. The van der Waals surface area contributed by atoms with Crippen molar-refractivity contribution < 1.29 is 22.8 Å². The molecule has 0 atom stereocenters. The number of halogens is 4. The summed E-state index contributed by atoms with van der Waals surface area (Å²) in [6.45, 7) is 1.63. The van der Waals surface area contributed by atoms with Gasteiger partial charge in [0.1, 0.15) is 0 Å². The lowest BCUT2D eigenvalue weighted by molar-refractivity contribution is -0.137. The van der Waals surface area contributed by atoms with Crippen LogP contribution in [0.25, 0.3) is 0 Å². The topological polar surface area (TPSA) is 75.4 Å². The van der Waals surface area contributed by atoms with E-state index in [1.54, 1.807) is 19.1 Å². The summed E-state index contributed by atoms with van der Waals surface area (Å²) in [6.07, 6.45) is -4.02. The molecule has 0 bridgehead atoms. The van der Waals surface area contributed by atoms with Gasteiger partial charge in [-0.1, -0.05) is 30.3 Å². The summed E-state index contributed by atoms with van der Waals surface area (Å²) in [7, 11) is 0. The maximum Gasteiger partial charge on any atom is 0.418 e. The van der Waals surface area contributed by atoms with E-state index in [-0.39, 0.29) is 43.5 Å². The fourth-order valence-corrected chi connectivity index (χ4v) is 2.74. The Balaban J connectivity index is 0.00000420. The Morgan fingerprint density at radius 2 is 1.69 bits per heavy atom. The third-order valence-electron chi connectivity index (χ3n) is 4.24. The third-order valence-corrected chi connectivity index (χ3v) is 4.24. The smallest absolute Gasteiger partial charge is 0.399 e. The Labute approximate surface area is 173 Å². The molecular weight excluding hydrogens is 407 g/mol. The molecule has 0 aliphatic carbocycles. The Kier molecular flexibility index (Phi) is 8.97. The summed E-state index contributed by atoms with van der Waals surface area (Å²) in [6, 6.07) is 11.9. The van der Waals surface area contributed by atoms with Crippen LogP contribution in [0.5, 0.6) is 0 Å². The van der Waals surface area contributed by atoms with Crippen molar-refractivity contribution in [1.29, 1.82) is 0 Å². The lowest BCUT2D eigenvalue weighted by Gasteiger charge is -2.21. The zero-order chi connectivity index (χ0) is 20.7. The van der Waals surface area contributed by atoms with Gasteiger partial charge in [0.2, 0.25) is 11.8 Å². The Morgan fingerprint density at radius 1 is 1.07 bits per heavy atom. The maximum absolute atomic E-state index is 13.0. The van der Waals surface area contributed by atoms with Crippen LogP contribution in [0.15, 0.2) is 48.5 Å². The molecule has 2 amide bonds. The van der Waals surface area contributed by atoms with E-state index in [0.717, 1.165) is 11.6 Å². The number of hydrogen-bond acceptors (Lipinski definition) is 3. The average Bonchev–Trinajstić information content (AvgIpc) is 2.64. The van der Waals surface area contributed by atoms with Crippen molar-refractivity contribution in [2.75, 3.05) is 24.1 Å². The molecule has 0 unspecified atom stereocenters. The number of para-hydroxylation sites is 2. The van der Waals surface area contributed by atoms with Gasteiger partial charge in [0.15, 0.2) is 0 Å². The fraction of sp³-hybridized carbons (Fsp3) is 0.300. The van der Waals surface area contributed by atoms with Crippen LogP contribution in [0.3, 0.4) is 0 Å². The minimum atomic E-state index is -4.58. The number of likely N-dealkylation sites (N-methyl/N-ethyl adjacent to an activating group) is 1. The highest BCUT2D eigenvalue weighted by molar-refractivity contribution is 5.95. The number of alkyl halides is 3. The first-order chi connectivity index (χ1) is 13.2. The predicted molar refractivity (Wildman–Crippen MR) is 109 cm³/mol. The lowest BCUT2D eigenvalue weighted by atomic mass is 10.1. The van der Waals surface area contributed by atoms with Gasteiger partial charge in [-0.05, 0) is 37.1 Å². The average molecular weight is 430 g/mol. The van der Waals surface area contributed by atoms with Crippen LogP contribution in [-0.4, -0.2) is 29.8 Å². The maximum atomic E-state index is 13.0. The second kappa shape index (κ2) is 10.7. The van der Waals surface area contributed by atoms with Crippen LogP contribution in [-0.2, 0) is 22.2 Å². The first kappa shape index (κ1) is 24.3. The molecule has 0 saturated heterocycles. The summed E-state index contributed by atoms with van der Waals surface area (Å²) in [5.74, 6) is -0.962. The van der Waals surface area contributed by atoms with Crippen LogP contribution in [0.1, 0.15) is 24.5 Å². The Hall–Kier alpha value is -2.74. The van der Waals surface area contributed by atoms with Crippen LogP contribution in [0.4, 0.5) is 24.5 Å². The van der Waals surface area contributed by atoms with E-state index in [2.05, 4.69) is 5.32 Å². The first-order valence-corrected chi connectivity index (χ1v) is 8.79. The number of benzene rings is 2. The standard InChI is InChI=1S/C20H22F3N3O2.ClH/c1-2-26(19(28)12-11-14-7-3-5-9-16(14)24)13-18(27)25-17-10-6-4-8-15(17)20(21,22)23;/h3-10H,2,11-13,24H2,1H3,(H,25,27);1H. The molecule has 0 aliphatic rings. The molecule has 0 saturated carbocycles. The van der Waals surface area contributed by atoms with E-state index in [0.29, 0.717) is 12.1 Å². The number of nitrogens with one attached hydrogen (secondary N) is 1. The van der Waals surface area contributed by atoms with Crippen molar-refractivity contribution in [3.8, 4) is 0 Å². The highest BCUT2D eigenvalue weighted by Crippen LogP contribution is 2.34. The van der Waals surface area contributed by atoms with E-state index in [9.17, 15) is 22.8 Å². The number of aryl methyl sites for hydroxylation is 1. The number of anilines is 2. The van der Waals surface area contributed by atoms with Gasteiger partial charge in [-0.15, -0.1) is 12.4 Å². The van der Waals surface area contributed by atoms with Gasteiger partial charge >= 0.3 is 6.18 Å². The fourth-order valence-electron chi connectivity index (χ4n) is 2.74. The molecule has 0 radical (unpaired) electrons. The molecule has 3 N–H and O–H groups in total. The minimum absolute atomic E-state index is 0. The van der Waals surface area contributed by atoms with Crippen molar-refractivity contribution >= 4 is 35.6 Å². The molecular formula is C20H23ClF3N3O2. The Morgan fingerprint density at radius 3 is 2.31 bits per heavy atom. The molecule has 158 valence electrons. The number of nitrogen functional groups attached to an aromatic ring is 1. The third kappa shape index (κ3) is 6.98. The van der Waals surface area contributed by atoms with E-state index >= 15 is 0 Å². The normalized spacial score (nSPS) is 10.8. The molecule has 2 rings (SSSR count). The molecule has 5 nitrogen and oxygen atoms in total. The van der Waals surface area contributed by atoms with Gasteiger partial charge < -0.3 is 16.0 Å². The minimum Gasteiger partial charge on any atom is -0.399 e. The van der Waals surface area contributed by atoms with Gasteiger partial charge in [0, 0.05) is 18.7 Å². The summed E-state index contributed by atoms with van der Waals surface area (Å²) in [5.41, 5.74) is 6.00.